The van der Waals surface area contributed by atoms with E-state index in [2.05, 4.69) is 5.32 Å². The summed E-state index contributed by atoms with van der Waals surface area (Å²) in [6, 6.07) is 11.7. The molecule has 0 bridgehead atoms. The maximum absolute atomic E-state index is 13.3. The van der Waals surface area contributed by atoms with Crippen LogP contribution in [-0.4, -0.2) is 30.3 Å². The summed E-state index contributed by atoms with van der Waals surface area (Å²) < 4.78 is 26.4. The Balaban J connectivity index is 1.71. The minimum Gasteiger partial charge on any atom is -0.355 e. The first kappa shape index (κ1) is 20.0. The van der Waals surface area contributed by atoms with Gasteiger partial charge in [-0.1, -0.05) is 31.2 Å². The van der Waals surface area contributed by atoms with Gasteiger partial charge in [0.25, 0.3) is 0 Å². The predicted molar refractivity (Wildman–Crippen MR) is 102 cm³/mol. The van der Waals surface area contributed by atoms with E-state index < -0.39 is 12.0 Å². The summed E-state index contributed by atoms with van der Waals surface area (Å²) in [7, 11) is 1.68. The largest absolute Gasteiger partial charge is 0.355 e. The number of piperidine rings is 1. The van der Waals surface area contributed by atoms with Crippen molar-refractivity contribution in [1.29, 1.82) is 0 Å². The number of carbonyl (C=O) groups excluding carboxylic acids is 2. The van der Waals surface area contributed by atoms with Crippen molar-refractivity contribution in [2.45, 2.75) is 31.7 Å². The first-order chi connectivity index (χ1) is 13.4. The highest BCUT2D eigenvalue weighted by Gasteiger charge is 2.38. The number of benzene rings is 2. The van der Waals surface area contributed by atoms with Gasteiger partial charge < -0.3 is 10.2 Å². The van der Waals surface area contributed by atoms with Crippen LogP contribution in [0.4, 0.5) is 8.78 Å². The van der Waals surface area contributed by atoms with Gasteiger partial charge in [0.1, 0.15) is 11.6 Å². The maximum Gasteiger partial charge on any atom is 0.225 e. The van der Waals surface area contributed by atoms with Crippen molar-refractivity contribution in [3.8, 4) is 0 Å². The number of carbonyl (C=O) groups is 2. The van der Waals surface area contributed by atoms with Crippen LogP contribution >= 0.6 is 0 Å². The summed E-state index contributed by atoms with van der Waals surface area (Å²) in [4.78, 5) is 26.7. The highest BCUT2D eigenvalue weighted by atomic mass is 19.1. The minimum absolute atomic E-state index is 0.0248. The standard InChI is InChI=1S/C22H24F2N2O2/c1-14(15-3-7-17(23)8-4-15)13-25-22(28)19-11-12-20(27)26(2)21(19)16-5-9-18(24)10-6-16/h3-10,14,19,21H,11-13H2,1-2H3,(H,25,28). The molecule has 6 heteroatoms. The van der Waals surface area contributed by atoms with Gasteiger partial charge in [-0.3, -0.25) is 9.59 Å². The van der Waals surface area contributed by atoms with Crippen LogP contribution in [0.2, 0.25) is 0 Å². The van der Waals surface area contributed by atoms with Crippen molar-refractivity contribution >= 4 is 11.8 Å². The zero-order valence-electron chi connectivity index (χ0n) is 16.0. The summed E-state index contributed by atoms with van der Waals surface area (Å²) in [5.74, 6) is -1.20. The second-order valence-electron chi connectivity index (χ2n) is 7.34. The number of hydrogen-bond donors (Lipinski definition) is 1. The number of nitrogens with one attached hydrogen (secondary N) is 1. The molecule has 3 rings (SSSR count). The average Bonchev–Trinajstić information content (AvgIpc) is 2.69. The van der Waals surface area contributed by atoms with Crippen LogP contribution in [0.5, 0.6) is 0 Å². The highest BCUT2D eigenvalue weighted by Crippen LogP contribution is 2.36. The van der Waals surface area contributed by atoms with Gasteiger partial charge >= 0.3 is 0 Å². The van der Waals surface area contributed by atoms with Crippen LogP contribution in [-0.2, 0) is 9.59 Å². The maximum atomic E-state index is 13.3. The Hall–Kier alpha value is -2.76. The summed E-state index contributed by atoms with van der Waals surface area (Å²) in [5.41, 5.74) is 1.68. The van der Waals surface area contributed by atoms with E-state index in [1.165, 1.54) is 24.3 Å². The molecule has 148 valence electrons. The molecular formula is C22H24F2N2O2. The molecule has 28 heavy (non-hydrogen) atoms. The monoisotopic (exact) mass is 386 g/mol. The molecule has 1 aliphatic heterocycles. The SMILES string of the molecule is CC(CNC(=O)C1CCC(=O)N(C)C1c1ccc(F)cc1)c1ccc(F)cc1. The molecule has 2 aromatic rings. The first-order valence-corrected chi connectivity index (χ1v) is 9.41. The number of halogens is 2. The van der Waals surface area contributed by atoms with E-state index >= 15 is 0 Å². The predicted octanol–water partition coefficient (Wildman–Crippen LogP) is 3.79. The van der Waals surface area contributed by atoms with Crippen LogP contribution in [0.1, 0.15) is 42.9 Å². The molecule has 2 aromatic carbocycles. The first-order valence-electron chi connectivity index (χ1n) is 9.41. The van der Waals surface area contributed by atoms with Crippen LogP contribution in [0.25, 0.3) is 0 Å². The number of nitrogens with zero attached hydrogens (tertiary/aromatic N) is 1. The summed E-state index contributed by atoms with van der Waals surface area (Å²) >= 11 is 0. The van der Waals surface area contributed by atoms with Gasteiger partial charge in [0.05, 0.1) is 12.0 Å². The van der Waals surface area contributed by atoms with Crippen LogP contribution in [0.15, 0.2) is 48.5 Å². The molecule has 1 aliphatic rings. The van der Waals surface area contributed by atoms with E-state index in [9.17, 15) is 18.4 Å². The molecule has 3 unspecified atom stereocenters. The summed E-state index contributed by atoms with van der Waals surface area (Å²) in [6.45, 7) is 2.37. The summed E-state index contributed by atoms with van der Waals surface area (Å²) in [5, 5.41) is 2.97. The van der Waals surface area contributed by atoms with Crippen molar-refractivity contribution in [1.82, 2.24) is 10.2 Å². The Kier molecular flexibility index (Phi) is 6.07. The fourth-order valence-corrected chi connectivity index (χ4v) is 3.72. The van der Waals surface area contributed by atoms with E-state index in [-0.39, 0.29) is 29.4 Å². The average molecular weight is 386 g/mol. The molecule has 1 fully saturated rings. The Morgan fingerprint density at radius 2 is 1.68 bits per heavy atom. The van der Waals surface area contributed by atoms with E-state index in [0.717, 1.165) is 11.1 Å². The number of likely N-dealkylation sites (tertiary alicyclic amines) is 1. The third-order valence-electron chi connectivity index (χ3n) is 5.43. The molecule has 1 N–H and O–H groups in total. The lowest BCUT2D eigenvalue weighted by atomic mass is 9.84. The molecular weight excluding hydrogens is 362 g/mol. The Bertz CT molecular complexity index is 837. The fraction of sp³-hybridized carbons (Fsp3) is 0.364. The molecule has 0 aromatic heterocycles. The van der Waals surface area contributed by atoms with E-state index in [1.807, 2.05) is 6.92 Å². The van der Waals surface area contributed by atoms with Gasteiger partial charge in [-0.2, -0.15) is 0 Å². The van der Waals surface area contributed by atoms with Gasteiger partial charge in [0.2, 0.25) is 11.8 Å². The minimum atomic E-state index is -0.428. The van der Waals surface area contributed by atoms with Crippen molar-refractivity contribution in [2.75, 3.05) is 13.6 Å². The molecule has 0 aliphatic carbocycles. The lowest BCUT2D eigenvalue weighted by molar-refractivity contribution is -0.141. The molecule has 0 spiro atoms. The highest BCUT2D eigenvalue weighted by molar-refractivity contribution is 5.85. The van der Waals surface area contributed by atoms with Gasteiger partial charge in [-0.15, -0.1) is 0 Å². The van der Waals surface area contributed by atoms with Crippen molar-refractivity contribution in [3.05, 3.63) is 71.3 Å². The van der Waals surface area contributed by atoms with E-state index in [0.29, 0.717) is 19.4 Å². The normalized spacial score (nSPS) is 20.7. The van der Waals surface area contributed by atoms with Gasteiger partial charge in [-0.25, -0.2) is 8.78 Å². The fourth-order valence-electron chi connectivity index (χ4n) is 3.72. The topological polar surface area (TPSA) is 49.4 Å². The number of hydrogen-bond acceptors (Lipinski definition) is 2. The Morgan fingerprint density at radius 3 is 2.29 bits per heavy atom. The van der Waals surface area contributed by atoms with Crippen molar-refractivity contribution in [2.24, 2.45) is 5.92 Å². The van der Waals surface area contributed by atoms with Gasteiger partial charge in [-0.05, 0) is 47.7 Å². The lowest BCUT2D eigenvalue weighted by Gasteiger charge is -2.38. The lowest BCUT2D eigenvalue weighted by Crippen LogP contribution is -2.46. The molecule has 3 atom stereocenters. The van der Waals surface area contributed by atoms with Crippen LogP contribution < -0.4 is 5.32 Å². The second kappa shape index (κ2) is 8.50. The van der Waals surface area contributed by atoms with Crippen LogP contribution in [0.3, 0.4) is 0 Å². The third kappa shape index (κ3) is 4.38. The Morgan fingerprint density at radius 1 is 1.11 bits per heavy atom. The molecule has 2 amide bonds. The molecule has 0 saturated carbocycles. The smallest absolute Gasteiger partial charge is 0.225 e. The number of amides is 2. The quantitative estimate of drug-likeness (QED) is 0.850. The Labute approximate surface area is 163 Å². The zero-order valence-corrected chi connectivity index (χ0v) is 16.0. The van der Waals surface area contributed by atoms with Crippen molar-refractivity contribution in [3.63, 3.8) is 0 Å². The second-order valence-corrected chi connectivity index (χ2v) is 7.34. The zero-order chi connectivity index (χ0) is 20.3. The molecule has 4 nitrogen and oxygen atoms in total. The van der Waals surface area contributed by atoms with Gasteiger partial charge in [0, 0.05) is 20.0 Å². The molecule has 1 heterocycles. The van der Waals surface area contributed by atoms with Crippen LogP contribution in [0, 0.1) is 17.6 Å². The number of rotatable bonds is 5. The third-order valence-corrected chi connectivity index (χ3v) is 5.43. The van der Waals surface area contributed by atoms with E-state index in [4.69, 9.17) is 0 Å². The molecule has 0 radical (unpaired) electrons. The van der Waals surface area contributed by atoms with Gasteiger partial charge in [0.15, 0.2) is 0 Å². The summed E-state index contributed by atoms with van der Waals surface area (Å²) in [6.07, 6.45) is 0.752. The van der Waals surface area contributed by atoms with Crippen molar-refractivity contribution < 1.29 is 18.4 Å². The van der Waals surface area contributed by atoms with E-state index in [1.54, 1.807) is 36.2 Å². The molecule has 1 saturated heterocycles.